The van der Waals surface area contributed by atoms with Gasteiger partial charge < -0.3 is 25.6 Å². The minimum absolute atomic E-state index is 0.0208. The molecule has 4 aromatic rings. The van der Waals surface area contributed by atoms with Crippen LogP contribution in [0.3, 0.4) is 0 Å². The minimum atomic E-state index is -5.36. The monoisotopic (exact) mass is 650 g/mol. The molecule has 1 aliphatic heterocycles. The van der Waals surface area contributed by atoms with E-state index in [1.54, 1.807) is 24.5 Å². The van der Waals surface area contributed by atoms with Gasteiger partial charge in [0.15, 0.2) is 0 Å². The standard InChI is InChI=1S/C34H30F4N4O5/c1-18-15-40-12-11-23(18)24-13-20(5-10-26(24)47-22-8-9-22)30(43)41-16-33(45,34(36,37)38)27-14-25-29(46-17-32(25,2)31(39)44)28(42-27)19-3-6-21(35)7-4-19/h3-7,10-15,22,45H,8-9,16-17H2,1-2H3,(H2,39,44)(H,41,43)/t32-,33-/m0/s1. The Kier molecular flexibility index (Phi) is 7.91. The Morgan fingerprint density at radius 1 is 1.11 bits per heavy atom. The Morgan fingerprint density at radius 3 is 2.47 bits per heavy atom. The van der Waals surface area contributed by atoms with Crippen LogP contribution in [0, 0.1) is 12.7 Å². The maximum Gasteiger partial charge on any atom is 0.424 e. The van der Waals surface area contributed by atoms with Gasteiger partial charge in [-0.05, 0) is 92.4 Å². The minimum Gasteiger partial charge on any atom is -0.490 e. The summed E-state index contributed by atoms with van der Waals surface area (Å²) in [6.07, 6.45) is -0.318. The summed E-state index contributed by atoms with van der Waals surface area (Å²) < 4.78 is 69.9. The molecule has 1 saturated carbocycles. The summed E-state index contributed by atoms with van der Waals surface area (Å²) in [5, 5.41) is 13.6. The van der Waals surface area contributed by atoms with Crippen LogP contribution in [0.25, 0.3) is 22.4 Å². The fourth-order valence-corrected chi connectivity index (χ4v) is 5.37. The molecule has 0 spiro atoms. The van der Waals surface area contributed by atoms with E-state index in [1.165, 1.54) is 31.2 Å². The predicted octanol–water partition coefficient (Wildman–Crippen LogP) is 5.11. The first-order valence-corrected chi connectivity index (χ1v) is 14.7. The number of pyridine rings is 2. The highest BCUT2D eigenvalue weighted by Crippen LogP contribution is 2.48. The highest BCUT2D eigenvalue weighted by molar-refractivity contribution is 5.96. The number of hydrogen-bond acceptors (Lipinski definition) is 7. The molecule has 0 radical (unpaired) electrons. The molecular weight excluding hydrogens is 620 g/mol. The Morgan fingerprint density at radius 2 is 1.83 bits per heavy atom. The Hall–Kier alpha value is -5.04. The molecule has 2 aromatic heterocycles. The zero-order chi connectivity index (χ0) is 33.7. The molecule has 0 bridgehead atoms. The van der Waals surface area contributed by atoms with E-state index in [1.807, 2.05) is 6.92 Å². The van der Waals surface area contributed by atoms with E-state index < -0.39 is 47.1 Å². The van der Waals surface area contributed by atoms with E-state index in [-0.39, 0.29) is 40.8 Å². The number of amides is 2. The van der Waals surface area contributed by atoms with Crippen LogP contribution in [0.1, 0.15) is 46.9 Å². The lowest BCUT2D eigenvalue weighted by Gasteiger charge is -2.31. The first kappa shape index (κ1) is 31.9. The number of aromatic nitrogens is 2. The van der Waals surface area contributed by atoms with Crippen molar-refractivity contribution in [1.29, 1.82) is 0 Å². The molecular formula is C34H30F4N4O5. The topological polar surface area (TPSA) is 137 Å². The predicted molar refractivity (Wildman–Crippen MR) is 162 cm³/mol. The summed E-state index contributed by atoms with van der Waals surface area (Å²) in [6.45, 7) is 1.60. The molecule has 4 N–H and O–H groups in total. The SMILES string of the molecule is Cc1cnccc1-c1cc(C(=O)NC[C@](O)(c2cc3c(c(-c4ccc(F)cc4)n2)OC[C@]3(C)C(N)=O)C(F)(F)F)ccc1OC1CC1. The van der Waals surface area contributed by atoms with Crippen molar-refractivity contribution >= 4 is 11.8 Å². The second-order valence-electron chi connectivity index (χ2n) is 12.0. The van der Waals surface area contributed by atoms with Crippen LogP contribution < -0.4 is 20.5 Å². The number of aryl methyl sites for hydroxylation is 1. The van der Waals surface area contributed by atoms with Gasteiger partial charge in [-0.2, -0.15) is 13.2 Å². The summed E-state index contributed by atoms with van der Waals surface area (Å²) >= 11 is 0. The average Bonchev–Trinajstić information content (AvgIpc) is 3.79. The smallest absolute Gasteiger partial charge is 0.424 e. The molecule has 13 heteroatoms. The fraction of sp³-hybridized carbons (Fsp3) is 0.294. The van der Waals surface area contributed by atoms with Crippen molar-refractivity contribution < 1.29 is 41.7 Å². The molecule has 2 aliphatic rings. The number of nitrogens with zero attached hydrogens (tertiary/aromatic N) is 2. The number of primary amides is 1. The summed E-state index contributed by atoms with van der Waals surface area (Å²) in [4.78, 5) is 34.1. The lowest BCUT2D eigenvalue weighted by molar-refractivity contribution is -0.265. The molecule has 0 saturated heterocycles. The van der Waals surface area contributed by atoms with Crippen molar-refractivity contribution in [3.05, 3.63) is 95.2 Å². The Balaban J connectivity index is 1.38. The number of halogens is 4. The highest BCUT2D eigenvalue weighted by atomic mass is 19.4. The average molecular weight is 651 g/mol. The molecule has 2 atom stereocenters. The highest BCUT2D eigenvalue weighted by Gasteiger charge is 2.57. The van der Waals surface area contributed by atoms with Gasteiger partial charge in [-0.1, -0.05) is 0 Å². The van der Waals surface area contributed by atoms with E-state index >= 15 is 0 Å². The largest absolute Gasteiger partial charge is 0.490 e. The molecule has 47 heavy (non-hydrogen) atoms. The van der Waals surface area contributed by atoms with Crippen LogP contribution in [0.4, 0.5) is 17.6 Å². The third-order valence-electron chi connectivity index (χ3n) is 8.50. The van der Waals surface area contributed by atoms with Crippen LogP contribution in [0.2, 0.25) is 0 Å². The van der Waals surface area contributed by atoms with E-state index in [9.17, 15) is 32.3 Å². The van der Waals surface area contributed by atoms with Gasteiger partial charge >= 0.3 is 6.18 Å². The molecule has 2 amide bonds. The second kappa shape index (κ2) is 11.6. The number of ether oxygens (including phenoxy) is 2. The van der Waals surface area contributed by atoms with E-state index in [4.69, 9.17) is 15.2 Å². The molecule has 0 unspecified atom stereocenters. The van der Waals surface area contributed by atoms with Crippen molar-refractivity contribution in [3.63, 3.8) is 0 Å². The number of carbonyl (C=O) groups excluding carboxylic acids is 2. The maximum atomic E-state index is 14.8. The number of rotatable bonds is 9. The number of benzene rings is 2. The molecule has 1 aliphatic carbocycles. The maximum absolute atomic E-state index is 14.8. The lowest BCUT2D eigenvalue weighted by atomic mass is 9.81. The Labute approximate surface area is 266 Å². The molecule has 1 fully saturated rings. The third-order valence-corrected chi connectivity index (χ3v) is 8.50. The van der Waals surface area contributed by atoms with E-state index in [0.717, 1.165) is 42.2 Å². The number of fused-ring (bicyclic) bond motifs is 1. The third kappa shape index (κ3) is 5.86. The van der Waals surface area contributed by atoms with Gasteiger partial charge in [-0.15, -0.1) is 0 Å². The summed E-state index contributed by atoms with van der Waals surface area (Å²) in [5.41, 5.74) is 1.48. The van der Waals surface area contributed by atoms with Crippen LogP contribution in [-0.4, -0.2) is 52.3 Å². The number of hydrogen-bond donors (Lipinski definition) is 3. The molecule has 244 valence electrons. The van der Waals surface area contributed by atoms with Crippen molar-refractivity contribution in [3.8, 4) is 33.9 Å². The molecule has 9 nitrogen and oxygen atoms in total. The van der Waals surface area contributed by atoms with E-state index in [2.05, 4.69) is 15.3 Å². The number of alkyl halides is 3. The fourth-order valence-electron chi connectivity index (χ4n) is 5.37. The van der Waals surface area contributed by atoms with Crippen LogP contribution >= 0.6 is 0 Å². The molecule has 3 heterocycles. The van der Waals surface area contributed by atoms with Crippen molar-refractivity contribution in [2.24, 2.45) is 5.73 Å². The van der Waals surface area contributed by atoms with Gasteiger partial charge in [-0.25, -0.2) is 9.37 Å². The van der Waals surface area contributed by atoms with Gasteiger partial charge in [0.05, 0.1) is 18.3 Å². The summed E-state index contributed by atoms with van der Waals surface area (Å²) in [7, 11) is 0. The van der Waals surface area contributed by atoms with Gasteiger partial charge in [0.2, 0.25) is 11.5 Å². The zero-order valence-corrected chi connectivity index (χ0v) is 25.3. The lowest BCUT2D eigenvalue weighted by Crippen LogP contribution is -2.51. The van der Waals surface area contributed by atoms with Crippen molar-refractivity contribution in [2.45, 2.75) is 50.0 Å². The van der Waals surface area contributed by atoms with Gasteiger partial charge in [-0.3, -0.25) is 14.6 Å². The second-order valence-corrected chi connectivity index (χ2v) is 12.0. The number of nitrogens with one attached hydrogen (secondary N) is 1. The van der Waals surface area contributed by atoms with Gasteiger partial charge in [0.25, 0.3) is 5.91 Å². The number of aliphatic hydroxyl groups is 1. The normalized spacial score (nSPS) is 18.5. The summed E-state index contributed by atoms with van der Waals surface area (Å²) in [5.74, 6) is -1.89. The number of nitrogens with two attached hydrogens (primary N) is 1. The van der Waals surface area contributed by atoms with Crippen molar-refractivity contribution in [2.75, 3.05) is 13.2 Å². The van der Waals surface area contributed by atoms with E-state index in [0.29, 0.717) is 11.3 Å². The van der Waals surface area contributed by atoms with Gasteiger partial charge in [0, 0.05) is 34.6 Å². The van der Waals surface area contributed by atoms with Crippen LogP contribution in [0.15, 0.2) is 67.0 Å². The number of carbonyl (C=O) groups is 2. The zero-order valence-electron chi connectivity index (χ0n) is 25.3. The van der Waals surface area contributed by atoms with Crippen LogP contribution in [0.5, 0.6) is 11.5 Å². The quantitative estimate of drug-likeness (QED) is 0.214. The molecule has 2 aromatic carbocycles. The first-order valence-electron chi connectivity index (χ1n) is 14.7. The van der Waals surface area contributed by atoms with Crippen molar-refractivity contribution in [1.82, 2.24) is 15.3 Å². The summed E-state index contributed by atoms with van der Waals surface area (Å²) in [6, 6.07) is 11.9. The molecule has 6 rings (SSSR count). The first-order chi connectivity index (χ1) is 22.2. The van der Waals surface area contributed by atoms with Gasteiger partial charge in [0.1, 0.15) is 35.0 Å². The van der Waals surface area contributed by atoms with Crippen LogP contribution in [-0.2, 0) is 15.8 Å². The Bertz CT molecular complexity index is 1880.